The first-order valence-corrected chi connectivity index (χ1v) is 4.71. The van der Waals surface area contributed by atoms with E-state index < -0.39 is 10.4 Å². The predicted octanol–water partition coefficient (Wildman–Crippen LogP) is 0.0997. The van der Waals surface area contributed by atoms with E-state index in [1.165, 1.54) is 5.56 Å². The van der Waals surface area contributed by atoms with Gasteiger partial charge in [-0.1, -0.05) is 12.1 Å². The topological polar surface area (TPSA) is 132 Å². The van der Waals surface area contributed by atoms with Gasteiger partial charge in [0.1, 0.15) is 0 Å². The molecule has 0 heterocycles. The molecule has 0 amide bonds. The molecule has 1 aromatic carbocycles. The molecule has 82 valence electrons. The molecule has 0 saturated heterocycles. The smallest absolute Gasteiger partial charge is 0.394 e. The third-order valence-electron chi connectivity index (χ3n) is 1.04. The maximum atomic E-state index is 8.74. The lowest BCUT2D eigenvalue weighted by molar-refractivity contribution is 0.381. The quantitative estimate of drug-likeness (QED) is 0.424. The van der Waals surface area contributed by atoms with Gasteiger partial charge in [-0.05, 0) is 24.6 Å². The summed E-state index contributed by atoms with van der Waals surface area (Å²) in [7, 11) is -4.67. The Morgan fingerprint density at radius 1 is 1.29 bits per heavy atom. The van der Waals surface area contributed by atoms with Gasteiger partial charge in [0.05, 0.1) is 0 Å². The maximum absolute atomic E-state index is 8.74. The molecule has 0 aliphatic rings. The molecular formula is C7H13NO5S. The van der Waals surface area contributed by atoms with Crippen LogP contribution in [-0.2, 0) is 10.4 Å². The SMILES string of the molecule is Cc1cccc(N)c1.O.O=S(=O)(O)O. The lowest BCUT2D eigenvalue weighted by atomic mass is 10.2. The fourth-order valence-corrected chi connectivity index (χ4v) is 0.670. The van der Waals surface area contributed by atoms with E-state index in [0.717, 1.165) is 5.69 Å². The van der Waals surface area contributed by atoms with Crippen LogP contribution in [0.25, 0.3) is 0 Å². The van der Waals surface area contributed by atoms with Crippen molar-refractivity contribution >= 4 is 16.1 Å². The highest BCUT2D eigenvalue weighted by Gasteiger charge is 1.84. The van der Waals surface area contributed by atoms with Crippen molar-refractivity contribution in [3.05, 3.63) is 29.8 Å². The zero-order valence-corrected chi connectivity index (χ0v) is 8.32. The van der Waals surface area contributed by atoms with Crippen molar-refractivity contribution in [3.63, 3.8) is 0 Å². The van der Waals surface area contributed by atoms with Gasteiger partial charge in [0.2, 0.25) is 0 Å². The average molecular weight is 223 g/mol. The van der Waals surface area contributed by atoms with E-state index in [4.69, 9.17) is 23.3 Å². The van der Waals surface area contributed by atoms with E-state index in [2.05, 4.69) is 0 Å². The Morgan fingerprint density at radius 3 is 1.93 bits per heavy atom. The van der Waals surface area contributed by atoms with Crippen LogP contribution >= 0.6 is 0 Å². The second kappa shape index (κ2) is 6.33. The van der Waals surface area contributed by atoms with E-state index >= 15 is 0 Å². The van der Waals surface area contributed by atoms with Gasteiger partial charge in [-0.25, -0.2) is 0 Å². The van der Waals surface area contributed by atoms with Gasteiger partial charge in [0, 0.05) is 5.69 Å². The molecule has 14 heavy (non-hydrogen) atoms. The van der Waals surface area contributed by atoms with Crippen molar-refractivity contribution in [2.75, 3.05) is 5.73 Å². The zero-order valence-electron chi connectivity index (χ0n) is 7.51. The van der Waals surface area contributed by atoms with Crippen LogP contribution in [-0.4, -0.2) is 23.0 Å². The van der Waals surface area contributed by atoms with Crippen LogP contribution in [0.1, 0.15) is 5.56 Å². The highest BCUT2D eigenvalue weighted by atomic mass is 32.3. The fraction of sp³-hybridized carbons (Fsp3) is 0.143. The molecule has 0 saturated carbocycles. The van der Waals surface area contributed by atoms with Crippen molar-refractivity contribution < 1.29 is 23.0 Å². The monoisotopic (exact) mass is 223 g/mol. The van der Waals surface area contributed by atoms with Crippen molar-refractivity contribution in [2.24, 2.45) is 0 Å². The Kier molecular flexibility index (Phi) is 6.93. The summed E-state index contributed by atoms with van der Waals surface area (Å²) in [5, 5.41) is 0. The summed E-state index contributed by atoms with van der Waals surface area (Å²) in [6, 6.07) is 7.80. The molecule has 0 aromatic heterocycles. The van der Waals surface area contributed by atoms with Crippen LogP contribution in [0.3, 0.4) is 0 Å². The van der Waals surface area contributed by atoms with Crippen LogP contribution in [0.15, 0.2) is 24.3 Å². The Labute approximate surface area is 82.3 Å². The number of hydrogen-bond acceptors (Lipinski definition) is 3. The van der Waals surface area contributed by atoms with Crippen LogP contribution in [0, 0.1) is 6.92 Å². The van der Waals surface area contributed by atoms with Gasteiger partial charge >= 0.3 is 10.4 Å². The number of aryl methyl sites for hydroxylation is 1. The normalized spacial score (nSPS) is 9.36. The summed E-state index contributed by atoms with van der Waals surface area (Å²) in [5.41, 5.74) is 7.51. The fourth-order valence-electron chi connectivity index (χ4n) is 0.670. The predicted molar refractivity (Wildman–Crippen MR) is 53.4 cm³/mol. The molecule has 6 nitrogen and oxygen atoms in total. The minimum Gasteiger partial charge on any atom is -0.412 e. The average Bonchev–Trinajstić information content (AvgIpc) is 1.81. The first kappa shape index (κ1) is 15.3. The van der Waals surface area contributed by atoms with E-state index in [1.54, 1.807) is 0 Å². The molecule has 0 unspecified atom stereocenters. The van der Waals surface area contributed by atoms with Crippen molar-refractivity contribution in [1.29, 1.82) is 0 Å². The minimum atomic E-state index is -4.67. The summed E-state index contributed by atoms with van der Waals surface area (Å²) in [6.07, 6.45) is 0. The van der Waals surface area contributed by atoms with E-state index in [1.807, 2.05) is 31.2 Å². The zero-order chi connectivity index (χ0) is 10.5. The first-order chi connectivity index (χ1) is 5.79. The minimum absolute atomic E-state index is 0. The van der Waals surface area contributed by atoms with Gasteiger partial charge in [-0.3, -0.25) is 9.11 Å². The number of benzene rings is 1. The largest absolute Gasteiger partial charge is 0.412 e. The summed E-state index contributed by atoms with van der Waals surface area (Å²) in [4.78, 5) is 0. The Bertz CT molecular complexity index is 337. The Morgan fingerprint density at radius 2 is 1.71 bits per heavy atom. The molecule has 7 heteroatoms. The number of hydrogen-bond donors (Lipinski definition) is 3. The Hall–Kier alpha value is -1.15. The molecule has 0 atom stereocenters. The molecule has 0 aliphatic carbocycles. The third-order valence-corrected chi connectivity index (χ3v) is 1.04. The molecule has 0 fully saturated rings. The molecule has 6 N–H and O–H groups in total. The molecule has 1 rings (SSSR count). The van der Waals surface area contributed by atoms with Crippen LogP contribution in [0.4, 0.5) is 5.69 Å². The lowest BCUT2D eigenvalue weighted by Gasteiger charge is -1.91. The molecule has 0 spiro atoms. The second-order valence-electron chi connectivity index (χ2n) is 2.36. The van der Waals surface area contributed by atoms with Crippen molar-refractivity contribution in [3.8, 4) is 0 Å². The van der Waals surface area contributed by atoms with Gasteiger partial charge < -0.3 is 11.2 Å². The van der Waals surface area contributed by atoms with Crippen molar-refractivity contribution in [2.45, 2.75) is 6.92 Å². The molecule has 0 bridgehead atoms. The molecule has 0 aliphatic heterocycles. The number of rotatable bonds is 0. The van der Waals surface area contributed by atoms with Gasteiger partial charge in [-0.2, -0.15) is 8.42 Å². The summed E-state index contributed by atoms with van der Waals surface area (Å²) in [6.45, 7) is 2.02. The first-order valence-electron chi connectivity index (χ1n) is 3.31. The van der Waals surface area contributed by atoms with Gasteiger partial charge in [0.15, 0.2) is 0 Å². The van der Waals surface area contributed by atoms with Gasteiger partial charge in [0.25, 0.3) is 0 Å². The summed E-state index contributed by atoms with van der Waals surface area (Å²) < 4.78 is 31.6. The second-order valence-corrected chi connectivity index (χ2v) is 3.26. The summed E-state index contributed by atoms with van der Waals surface area (Å²) in [5.74, 6) is 0. The van der Waals surface area contributed by atoms with Crippen LogP contribution < -0.4 is 5.73 Å². The third kappa shape index (κ3) is 13.4. The standard InChI is InChI=1S/C7H9N.H2O4S.H2O/c1-6-3-2-4-7(8)5-6;1-5(2,3)4;/h2-5H,8H2,1H3;(H2,1,2,3,4);1H2. The molecular weight excluding hydrogens is 210 g/mol. The lowest BCUT2D eigenvalue weighted by Crippen LogP contribution is -1.89. The van der Waals surface area contributed by atoms with Crippen LogP contribution in [0.5, 0.6) is 0 Å². The highest BCUT2D eigenvalue weighted by Crippen LogP contribution is 2.03. The molecule has 0 radical (unpaired) electrons. The van der Waals surface area contributed by atoms with E-state index in [0.29, 0.717) is 0 Å². The Balaban J connectivity index is 0. The van der Waals surface area contributed by atoms with Gasteiger partial charge in [-0.15, -0.1) is 0 Å². The van der Waals surface area contributed by atoms with Crippen molar-refractivity contribution in [1.82, 2.24) is 0 Å². The van der Waals surface area contributed by atoms with E-state index in [9.17, 15) is 0 Å². The maximum Gasteiger partial charge on any atom is 0.394 e. The number of nitrogens with two attached hydrogens (primary N) is 1. The molecule has 1 aromatic rings. The number of anilines is 1. The number of nitrogen functional groups attached to an aromatic ring is 1. The highest BCUT2D eigenvalue weighted by molar-refractivity contribution is 7.79. The summed E-state index contributed by atoms with van der Waals surface area (Å²) >= 11 is 0. The van der Waals surface area contributed by atoms with Crippen LogP contribution in [0.2, 0.25) is 0 Å². The van der Waals surface area contributed by atoms with E-state index in [-0.39, 0.29) is 5.48 Å².